The number of hydrogen-bond donors (Lipinski definition) is 2. The summed E-state index contributed by atoms with van der Waals surface area (Å²) in [5.74, 6) is 0.679. The predicted octanol–water partition coefficient (Wildman–Crippen LogP) is -0.0549. The Kier molecular flexibility index (Phi) is 2.28. The van der Waals surface area contributed by atoms with Crippen LogP contribution in [0.1, 0.15) is 23.2 Å². The lowest BCUT2D eigenvalue weighted by atomic mass is 9.97. The van der Waals surface area contributed by atoms with Crippen LogP contribution < -0.4 is 5.73 Å². The number of amides is 1. The SMILES string of the molecule is CC1(O)CN(C(=O)c2ccc(CN)o2)C1. The molecule has 1 saturated heterocycles. The number of β-amino-alcohol motifs (C(OH)–C–C–N with tert-alkyl or cyclic N) is 1. The summed E-state index contributed by atoms with van der Waals surface area (Å²) in [7, 11) is 0. The summed E-state index contributed by atoms with van der Waals surface area (Å²) in [6.07, 6.45) is 0. The minimum absolute atomic E-state index is 0.193. The highest BCUT2D eigenvalue weighted by Crippen LogP contribution is 2.22. The minimum atomic E-state index is -0.751. The summed E-state index contributed by atoms with van der Waals surface area (Å²) in [6.45, 7) is 2.68. The zero-order valence-electron chi connectivity index (χ0n) is 8.56. The van der Waals surface area contributed by atoms with Gasteiger partial charge in [-0.05, 0) is 19.1 Å². The van der Waals surface area contributed by atoms with E-state index in [1.54, 1.807) is 24.0 Å². The average Bonchev–Trinajstić information content (AvgIpc) is 2.61. The van der Waals surface area contributed by atoms with Crippen molar-refractivity contribution in [1.82, 2.24) is 4.90 Å². The summed E-state index contributed by atoms with van der Waals surface area (Å²) in [6, 6.07) is 3.29. The van der Waals surface area contributed by atoms with Crippen LogP contribution in [0.2, 0.25) is 0 Å². The molecule has 2 rings (SSSR count). The molecule has 0 saturated carbocycles. The van der Waals surface area contributed by atoms with Gasteiger partial charge in [0.15, 0.2) is 5.76 Å². The summed E-state index contributed by atoms with van der Waals surface area (Å²) < 4.78 is 5.22. The lowest BCUT2D eigenvalue weighted by Gasteiger charge is -2.43. The number of rotatable bonds is 2. The lowest BCUT2D eigenvalue weighted by molar-refractivity contribution is -0.0678. The van der Waals surface area contributed by atoms with E-state index in [4.69, 9.17) is 10.2 Å². The van der Waals surface area contributed by atoms with Gasteiger partial charge in [-0.1, -0.05) is 0 Å². The van der Waals surface area contributed by atoms with E-state index >= 15 is 0 Å². The van der Waals surface area contributed by atoms with Crippen LogP contribution in [0.25, 0.3) is 0 Å². The first-order valence-corrected chi connectivity index (χ1v) is 4.82. The fraction of sp³-hybridized carbons (Fsp3) is 0.500. The Morgan fingerprint density at radius 1 is 1.67 bits per heavy atom. The second-order valence-electron chi connectivity index (χ2n) is 4.13. The second kappa shape index (κ2) is 3.36. The molecule has 0 aromatic carbocycles. The van der Waals surface area contributed by atoms with E-state index in [-0.39, 0.29) is 18.2 Å². The predicted molar refractivity (Wildman–Crippen MR) is 53.1 cm³/mol. The number of furan rings is 1. The molecule has 1 aromatic rings. The van der Waals surface area contributed by atoms with Crippen molar-refractivity contribution in [3.8, 4) is 0 Å². The maximum absolute atomic E-state index is 11.7. The van der Waals surface area contributed by atoms with E-state index in [2.05, 4.69) is 0 Å². The molecule has 0 radical (unpaired) electrons. The highest BCUT2D eigenvalue weighted by Gasteiger charge is 2.40. The van der Waals surface area contributed by atoms with Gasteiger partial charge < -0.3 is 20.2 Å². The largest absolute Gasteiger partial charge is 0.455 e. The Morgan fingerprint density at radius 2 is 2.33 bits per heavy atom. The van der Waals surface area contributed by atoms with Crippen LogP contribution in [0.15, 0.2) is 16.5 Å². The summed E-state index contributed by atoms with van der Waals surface area (Å²) in [4.78, 5) is 13.3. The quantitative estimate of drug-likeness (QED) is 0.717. The fourth-order valence-corrected chi connectivity index (χ4v) is 1.68. The first-order chi connectivity index (χ1) is 7.02. The standard InChI is InChI=1S/C10H14N2O3/c1-10(14)5-12(6-10)9(13)8-3-2-7(4-11)15-8/h2-3,14H,4-6,11H2,1H3. The van der Waals surface area contributed by atoms with Gasteiger partial charge in [-0.3, -0.25) is 4.79 Å². The van der Waals surface area contributed by atoms with Crippen molar-refractivity contribution in [1.29, 1.82) is 0 Å². The van der Waals surface area contributed by atoms with E-state index in [0.29, 0.717) is 18.8 Å². The molecule has 0 bridgehead atoms. The third kappa shape index (κ3) is 1.88. The van der Waals surface area contributed by atoms with Crippen LogP contribution in [0, 0.1) is 0 Å². The Balaban J connectivity index is 2.03. The minimum Gasteiger partial charge on any atom is -0.455 e. The van der Waals surface area contributed by atoms with Gasteiger partial charge in [0.05, 0.1) is 25.2 Å². The van der Waals surface area contributed by atoms with Gasteiger partial charge in [0.2, 0.25) is 0 Å². The van der Waals surface area contributed by atoms with E-state index < -0.39 is 5.60 Å². The molecule has 3 N–H and O–H groups in total. The van der Waals surface area contributed by atoms with Gasteiger partial charge in [0.25, 0.3) is 5.91 Å². The number of likely N-dealkylation sites (tertiary alicyclic amines) is 1. The van der Waals surface area contributed by atoms with Crippen molar-refractivity contribution in [2.45, 2.75) is 19.1 Å². The summed E-state index contributed by atoms with van der Waals surface area (Å²) >= 11 is 0. The highest BCUT2D eigenvalue weighted by molar-refractivity contribution is 5.92. The van der Waals surface area contributed by atoms with Gasteiger partial charge in [-0.15, -0.1) is 0 Å². The number of carbonyl (C=O) groups excluding carboxylic acids is 1. The van der Waals surface area contributed by atoms with Crippen molar-refractivity contribution >= 4 is 5.91 Å². The highest BCUT2D eigenvalue weighted by atomic mass is 16.4. The zero-order valence-corrected chi connectivity index (χ0v) is 8.56. The van der Waals surface area contributed by atoms with Crippen LogP contribution in [-0.2, 0) is 6.54 Å². The molecule has 82 valence electrons. The van der Waals surface area contributed by atoms with Crippen LogP contribution in [0.5, 0.6) is 0 Å². The van der Waals surface area contributed by atoms with E-state index in [0.717, 1.165) is 0 Å². The van der Waals surface area contributed by atoms with Gasteiger partial charge in [0, 0.05) is 0 Å². The normalized spacial score (nSPS) is 18.7. The molecule has 1 aliphatic heterocycles. The van der Waals surface area contributed by atoms with E-state index in [1.165, 1.54) is 0 Å². The number of carbonyl (C=O) groups is 1. The Hall–Kier alpha value is -1.33. The van der Waals surface area contributed by atoms with Crippen LogP contribution >= 0.6 is 0 Å². The molecule has 0 atom stereocenters. The molecule has 1 aliphatic rings. The molecule has 5 heteroatoms. The Bertz CT molecular complexity index is 376. The molecule has 1 amide bonds. The molecule has 5 nitrogen and oxygen atoms in total. The zero-order chi connectivity index (χ0) is 11.1. The smallest absolute Gasteiger partial charge is 0.289 e. The van der Waals surface area contributed by atoms with Crippen molar-refractivity contribution in [3.63, 3.8) is 0 Å². The molecule has 1 aromatic heterocycles. The number of nitrogens with two attached hydrogens (primary N) is 1. The Labute approximate surface area is 87.5 Å². The van der Waals surface area contributed by atoms with Crippen molar-refractivity contribution in [3.05, 3.63) is 23.7 Å². The first kappa shape index (κ1) is 10.2. The third-order valence-corrected chi connectivity index (χ3v) is 2.42. The molecule has 0 aliphatic carbocycles. The summed E-state index contributed by atoms with van der Waals surface area (Å²) in [5.41, 5.74) is 4.62. The topological polar surface area (TPSA) is 79.7 Å². The molecular weight excluding hydrogens is 196 g/mol. The lowest BCUT2D eigenvalue weighted by Crippen LogP contribution is -2.61. The Morgan fingerprint density at radius 3 is 2.80 bits per heavy atom. The van der Waals surface area contributed by atoms with Crippen LogP contribution in [0.4, 0.5) is 0 Å². The van der Waals surface area contributed by atoms with Gasteiger partial charge in [-0.2, -0.15) is 0 Å². The van der Waals surface area contributed by atoms with Gasteiger partial charge in [-0.25, -0.2) is 0 Å². The number of aliphatic hydroxyl groups is 1. The molecule has 1 fully saturated rings. The molecule has 15 heavy (non-hydrogen) atoms. The maximum Gasteiger partial charge on any atom is 0.289 e. The number of nitrogens with zero attached hydrogens (tertiary/aromatic N) is 1. The van der Waals surface area contributed by atoms with E-state index in [1.807, 2.05) is 0 Å². The van der Waals surface area contributed by atoms with E-state index in [9.17, 15) is 9.90 Å². The number of hydrogen-bond acceptors (Lipinski definition) is 4. The molecular formula is C10H14N2O3. The van der Waals surface area contributed by atoms with Crippen molar-refractivity contribution < 1.29 is 14.3 Å². The summed E-state index contributed by atoms with van der Waals surface area (Å²) in [5, 5.41) is 9.49. The van der Waals surface area contributed by atoms with Crippen molar-refractivity contribution in [2.24, 2.45) is 5.73 Å². The first-order valence-electron chi connectivity index (χ1n) is 4.82. The van der Waals surface area contributed by atoms with Gasteiger partial charge >= 0.3 is 0 Å². The fourth-order valence-electron chi connectivity index (χ4n) is 1.68. The molecule has 0 unspecified atom stereocenters. The van der Waals surface area contributed by atoms with Crippen LogP contribution in [-0.4, -0.2) is 34.6 Å². The van der Waals surface area contributed by atoms with Crippen LogP contribution in [0.3, 0.4) is 0 Å². The third-order valence-electron chi connectivity index (χ3n) is 2.42. The monoisotopic (exact) mass is 210 g/mol. The average molecular weight is 210 g/mol. The second-order valence-corrected chi connectivity index (χ2v) is 4.13. The maximum atomic E-state index is 11.7. The van der Waals surface area contributed by atoms with Crippen molar-refractivity contribution in [2.75, 3.05) is 13.1 Å². The molecule has 2 heterocycles. The van der Waals surface area contributed by atoms with Gasteiger partial charge in [0.1, 0.15) is 5.76 Å². The molecule has 0 spiro atoms.